The van der Waals surface area contributed by atoms with Crippen molar-refractivity contribution in [2.24, 2.45) is 10.9 Å². The molecular weight excluding hydrogens is 520 g/mol. The van der Waals surface area contributed by atoms with Crippen molar-refractivity contribution in [3.05, 3.63) is 29.6 Å². The summed E-state index contributed by atoms with van der Waals surface area (Å²) in [4.78, 5) is 9.65. The van der Waals surface area contributed by atoms with Gasteiger partial charge in [0.1, 0.15) is 0 Å². The molecule has 2 N–H and O–H groups in total. The molecule has 0 spiro atoms. The van der Waals surface area contributed by atoms with E-state index in [-0.39, 0.29) is 35.8 Å². The maximum absolute atomic E-state index is 14.4. The van der Waals surface area contributed by atoms with Crippen molar-refractivity contribution in [3.8, 4) is 5.75 Å². The lowest BCUT2D eigenvalue weighted by Crippen LogP contribution is -2.44. The highest BCUT2D eigenvalue weighted by molar-refractivity contribution is 14.0. The standard InChI is InChI=1S/C24H40FN5O.HI/c1-4-26-24(27-11-5-6-12-30-15-13-29(3)14-16-30)28-19(2)21-9-10-23(22(25)17-21)31-18-20-7-8-20;/h9-10,17,19-20H,4-8,11-16,18H2,1-3H3,(H2,26,27,28);1H. The van der Waals surface area contributed by atoms with Gasteiger partial charge in [0.05, 0.1) is 12.6 Å². The zero-order valence-corrected chi connectivity index (χ0v) is 22.2. The molecule has 8 heteroatoms. The fourth-order valence-electron chi connectivity index (χ4n) is 3.71. The quantitative estimate of drug-likeness (QED) is 0.186. The summed E-state index contributed by atoms with van der Waals surface area (Å²) in [5, 5.41) is 6.70. The highest BCUT2D eigenvalue weighted by Crippen LogP contribution is 2.30. The molecule has 0 radical (unpaired) electrons. The third kappa shape index (κ3) is 9.39. The van der Waals surface area contributed by atoms with Crippen LogP contribution in [-0.4, -0.2) is 75.2 Å². The summed E-state index contributed by atoms with van der Waals surface area (Å²) in [5.41, 5.74) is 0.886. The number of halogens is 2. The summed E-state index contributed by atoms with van der Waals surface area (Å²) in [7, 11) is 2.19. The van der Waals surface area contributed by atoms with E-state index in [1.807, 2.05) is 13.0 Å². The minimum absolute atomic E-state index is 0. The third-order valence-electron chi connectivity index (χ3n) is 6.07. The van der Waals surface area contributed by atoms with E-state index in [4.69, 9.17) is 9.73 Å². The number of hydrogen-bond acceptors (Lipinski definition) is 4. The molecule has 2 aliphatic rings. The van der Waals surface area contributed by atoms with Crippen LogP contribution in [0.25, 0.3) is 0 Å². The summed E-state index contributed by atoms with van der Waals surface area (Å²) in [6, 6.07) is 5.20. The first-order valence-electron chi connectivity index (χ1n) is 11.9. The summed E-state index contributed by atoms with van der Waals surface area (Å²) >= 11 is 0. The Bertz CT molecular complexity index is 708. The van der Waals surface area contributed by atoms with Gasteiger partial charge in [0.25, 0.3) is 0 Å². The Morgan fingerprint density at radius 3 is 2.62 bits per heavy atom. The van der Waals surface area contributed by atoms with Crippen LogP contribution in [0.15, 0.2) is 23.2 Å². The Labute approximate surface area is 210 Å². The molecule has 32 heavy (non-hydrogen) atoms. The first kappa shape index (κ1) is 27.1. The second-order valence-corrected chi connectivity index (χ2v) is 8.92. The summed E-state index contributed by atoms with van der Waals surface area (Å²) in [5.74, 6) is 1.45. The number of hydrogen-bond donors (Lipinski definition) is 2. The number of aliphatic imine (C=N–C) groups is 1. The largest absolute Gasteiger partial charge is 0.490 e. The van der Waals surface area contributed by atoms with Crippen molar-refractivity contribution >= 4 is 29.9 Å². The molecule has 1 aliphatic heterocycles. The third-order valence-corrected chi connectivity index (χ3v) is 6.07. The molecule has 1 saturated carbocycles. The van der Waals surface area contributed by atoms with Crippen LogP contribution in [0.2, 0.25) is 0 Å². The molecule has 1 saturated heterocycles. The highest BCUT2D eigenvalue weighted by Gasteiger charge is 2.22. The molecule has 1 unspecified atom stereocenters. The van der Waals surface area contributed by atoms with Crippen molar-refractivity contribution < 1.29 is 9.13 Å². The van der Waals surface area contributed by atoms with E-state index in [0.29, 0.717) is 18.3 Å². The highest BCUT2D eigenvalue weighted by atomic mass is 127. The van der Waals surface area contributed by atoms with Crippen molar-refractivity contribution in [1.29, 1.82) is 0 Å². The second kappa shape index (κ2) is 14.2. The van der Waals surface area contributed by atoms with E-state index in [0.717, 1.165) is 44.0 Å². The van der Waals surface area contributed by atoms with Gasteiger partial charge in [-0.2, -0.15) is 0 Å². The van der Waals surface area contributed by atoms with Gasteiger partial charge in [-0.05, 0) is 76.7 Å². The molecule has 1 aliphatic carbocycles. The number of guanidine groups is 1. The number of benzene rings is 1. The molecule has 1 heterocycles. The number of ether oxygens (including phenoxy) is 1. The predicted octanol–water partition coefficient (Wildman–Crippen LogP) is 3.88. The van der Waals surface area contributed by atoms with Crippen LogP contribution in [-0.2, 0) is 0 Å². The van der Waals surface area contributed by atoms with E-state index < -0.39 is 0 Å². The minimum Gasteiger partial charge on any atom is -0.490 e. The van der Waals surface area contributed by atoms with E-state index in [1.54, 1.807) is 12.1 Å². The minimum atomic E-state index is -0.294. The lowest BCUT2D eigenvalue weighted by atomic mass is 10.1. The Hall–Kier alpha value is -1.13. The average molecular weight is 562 g/mol. The van der Waals surface area contributed by atoms with Crippen molar-refractivity contribution in [2.45, 2.75) is 45.6 Å². The molecule has 6 nitrogen and oxygen atoms in total. The maximum atomic E-state index is 14.4. The van der Waals surface area contributed by atoms with E-state index >= 15 is 0 Å². The first-order valence-corrected chi connectivity index (χ1v) is 11.9. The van der Waals surface area contributed by atoms with Crippen molar-refractivity contribution in [3.63, 3.8) is 0 Å². The summed E-state index contributed by atoms with van der Waals surface area (Å²) in [6.45, 7) is 12.1. The molecule has 182 valence electrons. The van der Waals surface area contributed by atoms with E-state index in [2.05, 4.69) is 34.4 Å². The van der Waals surface area contributed by atoms with Gasteiger partial charge in [0, 0.05) is 39.3 Å². The molecule has 1 aromatic carbocycles. The van der Waals surface area contributed by atoms with Gasteiger partial charge in [-0.3, -0.25) is 4.99 Å². The average Bonchev–Trinajstić information content (AvgIpc) is 3.58. The SMILES string of the molecule is CCNC(=NCCCCN1CCN(C)CC1)NC(C)c1ccc(OCC2CC2)c(F)c1.I. The fraction of sp³-hybridized carbons (Fsp3) is 0.708. The zero-order chi connectivity index (χ0) is 22.1. The Kier molecular flexibility index (Phi) is 12.0. The van der Waals surface area contributed by atoms with Crippen LogP contribution in [0, 0.1) is 11.7 Å². The lowest BCUT2D eigenvalue weighted by molar-refractivity contribution is 0.152. The topological polar surface area (TPSA) is 52.1 Å². The lowest BCUT2D eigenvalue weighted by Gasteiger charge is -2.32. The van der Waals surface area contributed by atoms with Crippen molar-refractivity contribution in [1.82, 2.24) is 20.4 Å². The van der Waals surface area contributed by atoms with E-state index in [9.17, 15) is 4.39 Å². The van der Waals surface area contributed by atoms with Gasteiger partial charge >= 0.3 is 0 Å². The van der Waals surface area contributed by atoms with Crippen LogP contribution in [0.3, 0.4) is 0 Å². The van der Waals surface area contributed by atoms with Crippen LogP contribution in [0.5, 0.6) is 5.75 Å². The van der Waals surface area contributed by atoms with Crippen LogP contribution in [0.1, 0.15) is 51.1 Å². The van der Waals surface area contributed by atoms with Gasteiger partial charge < -0.3 is 25.2 Å². The van der Waals surface area contributed by atoms with E-state index in [1.165, 1.54) is 39.0 Å². The first-order chi connectivity index (χ1) is 15.0. The van der Waals surface area contributed by atoms with Crippen LogP contribution >= 0.6 is 24.0 Å². The van der Waals surface area contributed by atoms with Gasteiger partial charge in [0.2, 0.25) is 0 Å². The molecule has 2 fully saturated rings. The van der Waals surface area contributed by atoms with Crippen LogP contribution < -0.4 is 15.4 Å². The normalized spacial score (nSPS) is 18.7. The van der Waals surface area contributed by atoms with Gasteiger partial charge in [-0.1, -0.05) is 6.07 Å². The number of rotatable bonds is 11. The number of nitrogens with one attached hydrogen (secondary N) is 2. The smallest absolute Gasteiger partial charge is 0.191 e. The number of nitrogens with zero attached hydrogens (tertiary/aromatic N) is 3. The monoisotopic (exact) mass is 561 g/mol. The number of unbranched alkanes of at least 4 members (excludes halogenated alkanes) is 1. The number of piperazine rings is 1. The van der Waals surface area contributed by atoms with Crippen LogP contribution in [0.4, 0.5) is 4.39 Å². The van der Waals surface area contributed by atoms with Gasteiger partial charge in [-0.15, -0.1) is 24.0 Å². The molecule has 1 atom stereocenters. The molecule has 3 rings (SSSR count). The number of likely N-dealkylation sites (N-methyl/N-ethyl adjacent to an activating group) is 1. The second-order valence-electron chi connectivity index (χ2n) is 8.92. The van der Waals surface area contributed by atoms with Gasteiger partial charge in [0.15, 0.2) is 17.5 Å². The summed E-state index contributed by atoms with van der Waals surface area (Å²) < 4.78 is 20.0. The Morgan fingerprint density at radius 2 is 1.97 bits per heavy atom. The summed E-state index contributed by atoms with van der Waals surface area (Å²) in [6.07, 6.45) is 4.63. The van der Waals surface area contributed by atoms with Gasteiger partial charge in [-0.25, -0.2) is 4.39 Å². The predicted molar refractivity (Wildman–Crippen MR) is 141 cm³/mol. The Morgan fingerprint density at radius 1 is 1.22 bits per heavy atom. The Balaban J connectivity index is 0.00000363. The molecular formula is C24H41FIN5O. The van der Waals surface area contributed by atoms with Crippen molar-refractivity contribution in [2.75, 3.05) is 59.5 Å². The zero-order valence-electron chi connectivity index (χ0n) is 19.9. The molecule has 0 amide bonds. The molecule has 0 bridgehead atoms. The molecule has 1 aromatic rings. The fourth-order valence-corrected chi connectivity index (χ4v) is 3.71. The maximum Gasteiger partial charge on any atom is 0.191 e. The molecule has 0 aromatic heterocycles.